The van der Waals surface area contributed by atoms with Crippen molar-refractivity contribution in [3.8, 4) is 5.75 Å². The molecule has 1 aromatic carbocycles. The molecule has 0 aliphatic rings. The van der Waals surface area contributed by atoms with Gasteiger partial charge in [0.1, 0.15) is 5.75 Å². The van der Waals surface area contributed by atoms with Gasteiger partial charge >= 0.3 is 0 Å². The van der Waals surface area contributed by atoms with E-state index in [0.29, 0.717) is 0 Å². The summed E-state index contributed by atoms with van der Waals surface area (Å²) in [6.45, 7) is 0.798. The fraction of sp³-hybridized carbons (Fsp3) is 0.333. The van der Waals surface area contributed by atoms with E-state index in [4.69, 9.17) is 10.6 Å². The maximum absolute atomic E-state index is 5.16. The average Bonchev–Trinajstić information content (AvgIpc) is 2.15. The quantitative estimate of drug-likeness (QED) is 0.619. The molecule has 0 unspecified atom stereocenters. The molecule has 1 aromatic rings. The van der Waals surface area contributed by atoms with Crippen molar-refractivity contribution < 1.29 is 4.74 Å². The van der Waals surface area contributed by atoms with Crippen LogP contribution in [-0.4, -0.2) is 13.7 Å². The molecule has 0 saturated heterocycles. The van der Waals surface area contributed by atoms with Crippen LogP contribution < -0.4 is 16.0 Å². The summed E-state index contributed by atoms with van der Waals surface area (Å²) in [5, 5.41) is 0. The standard InChI is InChI=1S/C9H14N2O.2ClH/c1-12-9-4-2-8(3-5-9)6-7-11-10;;/h2-5,11H,6-7,10H2,1H3;2*1H. The van der Waals surface area contributed by atoms with Crippen LogP contribution in [-0.2, 0) is 6.42 Å². The van der Waals surface area contributed by atoms with Gasteiger partial charge < -0.3 is 4.74 Å². The number of rotatable bonds is 4. The van der Waals surface area contributed by atoms with Crippen LogP contribution in [0.1, 0.15) is 5.56 Å². The third-order valence-corrected chi connectivity index (χ3v) is 1.72. The Morgan fingerprint density at radius 3 is 2.21 bits per heavy atom. The average molecular weight is 239 g/mol. The number of halogens is 2. The summed E-state index contributed by atoms with van der Waals surface area (Å²) in [5.41, 5.74) is 3.87. The first-order chi connectivity index (χ1) is 5.86. The molecule has 0 fully saturated rings. The second-order valence-electron chi connectivity index (χ2n) is 2.55. The van der Waals surface area contributed by atoms with E-state index in [1.807, 2.05) is 24.3 Å². The minimum absolute atomic E-state index is 0. The van der Waals surface area contributed by atoms with Crippen molar-refractivity contribution in [2.24, 2.45) is 5.84 Å². The van der Waals surface area contributed by atoms with E-state index in [9.17, 15) is 0 Å². The molecule has 0 radical (unpaired) electrons. The summed E-state index contributed by atoms with van der Waals surface area (Å²) in [6.07, 6.45) is 0.945. The summed E-state index contributed by atoms with van der Waals surface area (Å²) < 4.78 is 5.03. The molecule has 0 aromatic heterocycles. The third-order valence-electron chi connectivity index (χ3n) is 1.72. The highest BCUT2D eigenvalue weighted by molar-refractivity contribution is 5.85. The third kappa shape index (κ3) is 5.29. The van der Waals surface area contributed by atoms with Gasteiger partial charge in [0.05, 0.1) is 7.11 Å². The van der Waals surface area contributed by atoms with E-state index in [1.165, 1.54) is 5.56 Å². The summed E-state index contributed by atoms with van der Waals surface area (Å²) in [6, 6.07) is 7.98. The zero-order valence-electron chi connectivity index (χ0n) is 8.03. The van der Waals surface area contributed by atoms with Crippen LogP contribution in [0.5, 0.6) is 5.75 Å². The van der Waals surface area contributed by atoms with Gasteiger partial charge in [-0.05, 0) is 24.1 Å². The molecule has 3 nitrogen and oxygen atoms in total. The molecule has 5 heteroatoms. The van der Waals surface area contributed by atoms with E-state index in [0.717, 1.165) is 18.7 Å². The lowest BCUT2D eigenvalue weighted by Gasteiger charge is -2.02. The van der Waals surface area contributed by atoms with Crippen LogP contribution in [0.3, 0.4) is 0 Å². The summed E-state index contributed by atoms with van der Waals surface area (Å²) >= 11 is 0. The SMILES string of the molecule is COc1ccc(CCNN)cc1.Cl.Cl. The number of nitrogens with two attached hydrogens (primary N) is 1. The number of ether oxygens (including phenoxy) is 1. The molecule has 0 spiro atoms. The number of hydrazine groups is 1. The molecule has 0 bridgehead atoms. The highest BCUT2D eigenvalue weighted by atomic mass is 35.5. The molecular weight excluding hydrogens is 223 g/mol. The molecule has 14 heavy (non-hydrogen) atoms. The number of methoxy groups -OCH3 is 1. The minimum Gasteiger partial charge on any atom is -0.497 e. The Balaban J connectivity index is 0. The zero-order chi connectivity index (χ0) is 8.81. The van der Waals surface area contributed by atoms with Gasteiger partial charge in [-0.25, -0.2) is 0 Å². The van der Waals surface area contributed by atoms with E-state index in [-0.39, 0.29) is 24.8 Å². The second-order valence-corrected chi connectivity index (χ2v) is 2.55. The van der Waals surface area contributed by atoms with Crippen molar-refractivity contribution in [3.63, 3.8) is 0 Å². The van der Waals surface area contributed by atoms with E-state index in [1.54, 1.807) is 7.11 Å². The van der Waals surface area contributed by atoms with Crippen molar-refractivity contribution in [1.82, 2.24) is 5.43 Å². The first kappa shape index (κ1) is 16.0. The summed E-state index contributed by atoms with van der Waals surface area (Å²) in [5.74, 6) is 6.05. The van der Waals surface area contributed by atoms with E-state index >= 15 is 0 Å². The van der Waals surface area contributed by atoms with Crippen molar-refractivity contribution in [2.75, 3.05) is 13.7 Å². The fourth-order valence-corrected chi connectivity index (χ4v) is 1.01. The molecule has 0 atom stereocenters. The van der Waals surface area contributed by atoms with Crippen LogP contribution >= 0.6 is 24.8 Å². The Morgan fingerprint density at radius 2 is 1.79 bits per heavy atom. The monoisotopic (exact) mass is 238 g/mol. The van der Waals surface area contributed by atoms with Gasteiger partial charge in [0, 0.05) is 6.54 Å². The molecule has 0 amide bonds. The van der Waals surface area contributed by atoms with Crippen LogP contribution in [0.25, 0.3) is 0 Å². The lowest BCUT2D eigenvalue weighted by Crippen LogP contribution is -2.24. The Bertz CT molecular complexity index is 229. The lowest BCUT2D eigenvalue weighted by molar-refractivity contribution is 0.414. The normalized spacial score (nSPS) is 8.43. The Morgan fingerprint density at radius 1 is 1.21 bits per heavy atom. The zero-order valence-corrected chi connectivity index (χ0v) is 9.66. The molecule has 0 aliphatic carbocycles. The fourth-order valence-electron chi connectivity index (χ4n) is 1.01. The van der Waals surface area contributed by atoms with Gasteiger partial charge in [0.2, 0.25) is 0 Å². The second kappa shape index (κ2) is 9.09. The largest absolute Gasteiger partial charge is 0.497 e. The molecule has 0 saturated carbocycles. The first-order valence-electron chi connectivity index (χ1n) is 3.93. The Hall–Kier alpha value is -0.480. The van der Waals surface area contributed by atoms with Crippen LogP contribution in [0, 0.1) is 0 Å². The van der Waals surface area contributed by atoms with Gasteiger partial charge in [0.25, 0.3) is 0 Å². The highest BCUT2D eigenvalue weighted by Gasteiger charge is 1.92. The van der Waals surface area contributed by atoms with Gasteiger partial charge in [-0.15, -0.1) is 24.8 Å². The lowest BCUT2D eigenvalue weighted by atomic mass is 10.1. The smallest absolute Gasteiger partial charge is 0.118 e. The minimum atomic E-state index is 0. The number of benzene rings is 1. The number of hydrogen-bond acceptors (Lipinski definition) is 3. The first-order valence-corrected chi connectivity index (χ1v) is 3.93. The predicted octanol–water partition coefficient (Wildman–Crippen LogP) is 1.54. The number of nitrogens with one attached hydrogen (secondary N) is 1. The van der Waals surface area contributed by atoms with Crippen LogP contribution in [0.15, 0.2) is 24.3 Å². The summed E-state index contributed by atoms with van der Waals surface area (Å²) in [7, 11) is 1.66. The van der Waals surface area contributed by atoms with Gasteiger partial charge in [-0.1, -0.05) is 12.1 Å². The molecule has 1 rings (SSSR count). The Kier molecular flexibility index (Phi) is 10.4. The number of hydrogen-bond donors (Lipinski definition) is 2. The Labute approximate surface area is 96.8 Å². The maximum Gasteiger partial charge on any atom is 0.118 e. The van der Waals surface area contributed by atoms with E-state index in [2.05, 4.69) is 5.43 Å². The van der Waals surface area contributed by atoms with Crippen molar-refractivity contribution in [3.05, 3.63) is 29.8 Å². The van der Waals surface area contributed by atoms with E-state index < -0.39 is 0 Å². The van der Waals surface area contributed by atoms with Crippen molar-refractivity contribution >= 4 is 24.8 Å². The summed E-state index contributed by atoms with van der Waals surface area (Å²) in [4.78, 5) is 0. The predicted molar refractivity (Wildman–Crippen MR) is 63.4 cm³/mol. The topological polar surface area (TPSA) is 47.3 Å². The molecule has 0 aliphatic heterocycles. The van der Waals surface area contributed by atoms with Crippen molar-refractivity contribution in [2.45, 2.75) is 6.42 Å². The van der Waals surface area contributed by atoms with Crippen LogP contribution in [0.4, 0.5) is 0 Å². The maximum atomic E-state index is 5.16. The molecule has 82 valence electrons. The van der Waals surface area contributed by atoms with Gasteiger partial charge in [-0.2, -0.15) is 0 Å². The molecule has 3 N–H and O–H groups in total. The van der Waals surface area contributed by atoms with Crippen LogP contribution in [0.2, 0.25) is 0 Å². The van der Waals surface area contributed by atoms with Crippen molar-refractivity contribution in [1.29, 1.82) is 0 Å². The highest BCUT2D eigenvalue weighted by Crippen LogP contribution is 2.10. The van der Waals surface area contributed by atoms with Gasteiger partial charge in [-0.3, -0.25) is 11.3 Å². The molecule has 0 heterocycles. The van der Waals surface area contributed by atoms with Gasteiger partial charge in [0.15, 0.2) is 0 Å². The molecular formula is C9H16Cl2N2O.